The third-order valence-corrected chi connectivity index (χ3v) is 4.07. The van der Waals surface area contributed by atoms with Crippen LogP contribution in [-0.2, 0) is 11.3 Å². The third kappa shape index (κ3) is 2.63. The summed E-state index contributed by atoms with van der Waals surface area (Å²) in [5.41, 5.74) is 7.91. The quantitative estimate of drug-likeness (QED) is 0.722. The number of aromatic nitrogens is 3. The molecule has 2 heterocycles. The molecule has 2 aromatic heterocycles. The van der Waals surface area contributed by atoms with E-state index in [1.807, 2.05) is 34.9 Å². The number of ketones is 1. The molecular formula is C19H16N4O2. The maximum absolute atomic E-state index is 11.9. The second-order valence-corrected chi connectivity index (χ2v) is 5.81. The average Bonchev–Trinajstić information content (AvgIpc) is 3.09. The van der Waals surface area contributed by atoms with Gasteiger partial charge in [-0.25, -0.2) is 9.38 Å². The number of nitrogens with two attached hydrogens (primary N) is 1. The van der Waals surface area contributed by atoms with E-state index in [2.05, 4.69) is 4.98 Å². The second kappa shape index (κ2) is 5.83. The van der Waals surface area contributed by atoms with Gasteiger partial charge in [0.2, 0.25) is 11.7 Å². The fourth-order valence-corrected chi connectivity index (χ4v) is 2.86. The van der Waals surface area contributed by atoms with Crippen LogP contribution in [0.4, 0.5) is 5.82 Å². The number of hydrogen-bond donors (Lipinski definition) is 2. The van der Waals surface area contributed by atoms with Crippen LogP contribution in [0.3, 0.4) is 0 Å². The minimum absolute atomic E-state index is 0.0810. The van der Waals surface area contributed by atoms with Gasteiger partial charge >= 0.3 is 0 Å². The number of fused-ring (bicyclic) bond motifs is 1. The van der Waals surface area contributed by atoms with Gasteiger partial charge in [-0.2, -0.15) is 0 Å². The summed E-state index contributed by atoms with van der Waals surface area (Å²) in [5, 5.41) is 10.5. The van der Waals surface area contributed by atoms with Gasteiger partial charge in [0.05, 0.1) is 6.54 Å². The van der Waals surface area contributed by atoms with Crippen molar-refractivity contribution in [3.05, 3.63) is 77.7 Å². The lowest BCUT2D eigenvalue weighted by atomic mass is 10.1. The van der Waals surface area contributed by atoms with Crippen LogP contribution < -0.4 is 5.73 Å². The lowest BCUT2D eigenvalue weighted by Gasteiger charge is -2.02. The topological polar surface area (TPSA) is 85.5 Å². The van der Waals surface area contributed by atoms with E-state index < -0.39 is 0 Å². The Morgan fingerprint density at radius 3 is 2.68 bits per heavy atom. The van der Waals surface area contributed by atoms with Gasteiger partial charge < -0.3 is 15.4 Å². The molecule has 0 spiro atoms. The highest BCUT2D eigenvalue weighted by Crippen LogP contribution is 2.27. The van der Waals surface area contributed by atoms with Gasteiger partial charge in [0.1, 0.15) is 11.5 Å². The van der Waals surface area contributed by atoms with E-state index in [-0.39, 0.29) is 11.7 Å². The number of imidazole rings is 2. The molecule has 0 bridgehead atoms. The molecule has 0 saturated carbocycles. The van der Waals surface area contributed by atoms with Crippen molar-refractivity contribution >= 4 is 23.5 Å². The molecule has 1 aliphatic rings. The number of anilines is 1. The molecule has 6 heteroatoms. The Morgan fingerprint density at radius 2 is 1.92 bits per heavy atom. The fourth-order valence-electron chi connectivity index (χ4n) is 2.86. The summed E-state index contributed by atoms with van der Waals surface area (Å²) in [4.78, 5) is 16.4. The summed E-state index contributed by atoms with van der Waals surface area (Å²) in [7, 11) is 0. The van der Waals surface area contributed by atoms with Crippen molar-refractivity contribution in [3.63, 3.8) is 0 Å². The molecule has 3 N–H and O–H groups in total. The van der Waals surface area contributed by atoms with Gasteiger partial charge in [-0.1, -0.05) is 48.6 Å². The molecular weight excluding hydrogens is 316 g/mol. The van der Waals surface area contributed by atoms with Crippen LogP contribution in [0, 0.1) is 0 Å². The number of nitrogen functional groups attached to an aromatic ring is 1. The summed E-state index contributed by atoms with van der Waals surface area (Å²) in [5.74, 6) is 0.696. The Hall–Kier alpha value is -3.54. The number of benzene rings is 1. The molecule has 25 heavy (non-hydrogen) atoms. The van der Waals surface area contributed by atoms with Crippen molar-refractivity contribution in [2.45, 2.75) is 6.54 Å². The smallest absolute Gasteiger partial charge is 0.226 e. The number of carbonyl (C=O) groups excluding carboxylic acids is 1. The number of nitrogens with zero attached hydrogens (tertiary/aromatic N) is 3. The monoisotopic (exact) mass is 332 g/mol. The highest BCUT2D eigenvalue weighted by Gasteiger charge is 2.18. The SMILES string of the molecule is Nc1cn(Cc2ccccc2)c2nc(/C=C3/C=CC=CC3=O)c(O)n12. The highest BCUT2D eigenvalue weighted by atomic mass is 16.3. The van der Waals surface area contributed by atoms with Gasteiger partial charge in [-0.05, 0) is 17.7 Å². The fraction of sp³-hybridized carbons (Fsp3) is 0.0526. The molecule has 0 radical (unpaired) electrons. The van der Waals surface area contributed by atoms with Crippen molar-refractivity contribution in [1.29, 1.82) is 0 Å². The summed E-state index contributed by atoms with van der Waals surface area (Å²) in [6.45, 7) is 0.579. The Kier molecular flexibility index (Phi) is 3.50. The van der Waals surface area contributed by atoms with Crippen LogP contribution >= 0.6 is 0 Å². The lowest BCUT2D eigenvalue weighted by Crippen LogP contribution is -1.99. The number of carbonyl (C=O) groups is 1. The Bertz CT molecular complexity index is 1050. The van der Waals surface area contributed by atoms with E-state index in [9.17, 15) is 9.90 Å². The Morgan fingerprint density at radius 1 is 1.16 bits per heavy atom. The van der Waals surface area contributed by atoms with Crippen LogP contribution in [0.25, 0.3) is 11.9 Å². The molecule has 3 aromatic rings. The van der Waals surface area contributed by atoms with Gasteiger partial charge in [0.15, 0.2) is 5.78 Å². The van der Waals surface area contributed by atoms with E-state index in [0.29, 0.717) is 29.4 Å². The van der Waals surface area contributed by atoms with Gasteiger partial charge in [0, 0.05) is 11.8 Å². The van der Waals surface area contributed by atoms with E-state index >= 15 is 0 Å². The maximum Gasteiger partial charge on any atom is 0.226 e. The second-order valence-electron chi connectivity index (χ2n) is 5.81. The molecule has 0 fully saturated rings. The van der Waals surface area contributed by atoms with Crippen LogP contribution in [-0.4, -0.2) is 24.8 Å². The number of allylic oxidation sites excluding steroid dienone is 5. The average molecular weight is 332 g/mol. The van der Waals surface area contributed by atoms with Gasteiger partial charge in [-0.3, -0.25) is 4.79 Å². The zero-order chi connectivity index (χ0) is 17.4. The van der Waals surface area contributed by atoms with E-state index in [4.69, 9.17) is 5.73 Å². The normalized spacial score (nSPS) is 15.5. The number of rotatable bonds is 3. The summed E-state index contributed by atoms with van der Waals surface area (Å²) >= 11 is 0. The zero-order valence-corrected chi connectivity index (χ0v) is 13.3. The van der Waals surface area contributed by atoms with E-state index in [1.165, 1.54) is 10.5 Å². The van der Waals surface area contributed by atoms with Gasteiger partial charge in [-0.15, -0.1) is 0 Å². The molecule has 124 valence electrons. The first kappa shape index (κ1) is 15.0. The largest absolute Gasteiger partial charge is 0.493 e. The molecule has 0 atom stereocenters. The first-order chi connectivity index (χ1) is 12.1. The number of hydrogen-bond acceptors (Lipinski definition) is 4. The Balaban J connectivity index is 1.78. The maximum atomic E-state index is 11.9. The summed E-state index contributed by atoms with van der Waals surface area (Å²) in [6.07, 6.45) is 9.91. The molecule has 1 aliphatic carbocycles. The molecule has 0 aliphatic heterocycles. The minimum Gasteiger partial charge on any atom is -0.493 e. The van der Waals surface area contributed by atoms with Crippen LogP contribution in [0.2, 0.25) is 0 Å². The van der Waals surface area contributed by atoms with E-state index in [0.717, 1.165) is 5.56 Å². The molecule has 6 nitrogen and oxygen atoms in total. The van der Waals surface area contributed by atoms with Crippen molar-refractivity contribution in [2.75, 3.05) is 5.73 Å². The minimum atomic E-state index is -0.125. The highest BCUT2D eigenvalue weighted by molar-refractivity contribution is 6.10. The predicted molar refractivity (Wildman–Crippen MR) is 96.1 cm³/mol. The van der Waals surface area contributed by atoms with E-state index in [1.54, 1.807) is 30.5 Å². The van der Waals surface area contributed by atoms with Crippen molar-refractivity contribution < 1.29 is 9.90 Å². The van der Waals surface area contributed by atoms with Gasteiger partial charge in [0.25, 0.3) is 0 Å². The Labute approximate surface area is 143 Å². The molecule has 1 aromatic carbocycles. The molecule has 0 saturated heterocycles. The molecule has 0 amide bonds. The van der Waals surface area contributed by atoms with Crippen LogP contribution in [0.15, 0.2) is 66.4 Å². The standard InChI is InChI=1S/C19H16N4O2/c20-17-12-22(11-13-6-2-1-3-7-13)19-21-15(18(25)23(17)19)10-14-8-4-5-9-16(14)24/h1-10,12,25H,11,20H2/b14-10-. The summed E-state index contributed by atoms with van der Waals surface area (Å²) in [6, 6.07) is 9.91. The zero-order valence-electron chi connectivity index (χ0n) is 13.3. The molecule has 4 rings (SSSR count). The predicted octanol–water partition coefficient (Wildman–Crippen LogP) is 2.55. The summed E-state index contributed by atoms with van der Waals surface area (Å²) < 4.78 is 3.34. The third-order valence-electron chi connectivity index (χ3n) is 4.07. The van der Waals surface area contributed by atoms with Crippen LogP contribution in [0.1, 0.15) is 11.3 Å². The lowest BCUT2D eigenvalue weighted by molar-refractivity contribution is -0.111. The first-order valence-corrected chi connectivity index (χ1v) is 7.84. The molecule has 0 unspecified atom stereocenters. The van der Waals surface area contributed by atoms with Crippen molar-refractivity contribution in [3.8, 4) is 5.88 Å². The van der Waals surface area contributed by atoms with Crippen molar-refractivity contribution in [2.24, 2.45) is 0 Å². The van der Waals surface area contributed by atoms with Crippen LogP contribution in [0.5, 0.6) is 5.88 Å². The van der Waals surface area contributed by atoms with Crippen molar-refractivity contribution in [1.82, 2.24) is 14.0 Å². The number of aromatic hydroxyl groups is 1. The first-order valence-electron chi connectivity index (χ1n) is 7.84.